The molecule has 4 nitrogen and oxygen atoms in total. The van der Waals surface area contributed by atoms with E-state index in [-0.39, 0.29) is 31.0 Å². The number of nitrogens with zero attached hydrogens (tertiary/aromatic N) is 1. The molecule has 0 radical (unpaired) electrons. The lowest BCUT2D eigenvalue weighted by Gasteiger charge is -2.34. The van der Waals surface area contributed by atoms with Gasteiger partial charge in [0.1, 0.15) is 0 Å². The molecule has 1 aliphatic rings. The molecule has 0 spiro atoms. The second kappa shape index (κ2) is 6.22. The van der Waals surface area contributed by atoms with E-state index in [1.54, 1.807) is 0 Å². The van der Waals surface area contributed by atoms with Crippen molar-refractivity contribution in [1.82, 2.24) is 4.90 Å². The molecule has 0 aromatic heterocycles. The van der Waals surface area contributed by atoms with Crippen LogP contribution in [0.3, 0.4) is 0 Å². The molecule has 2 atom stereocenters. The van der Waals surface area contributed by atoms with Crippen molar-refractivity contribution in [2.24, 2.45) is 0 Å². The van der Waals surface area contributed by atoms with Crippen LogP contribution in [0.25, 0.3) is 0 Å². The smallest absolute Gasteiger partial charge is 0.304 e. The molecule has 0 aliphatic carbocycles. The second-order valence-electron chi connectivity index (χ2n) is 3.66. The zero-order valence-corrected chi connectivity index (χ0v) is 9.42. The number of carbonyl (C=O) groups is 1. The van der Waals surface area contributed by atoms with Crippen LogP contribution in [0, 0.1) is 0 Å². The number of morpholine rings is 1. The summed E-state index contributed by atoms with van der Waals surface area (Å²) in [6.45, 7) is 6.36. The first-order valence-electron chi connectivity index (χ1n) is 4.67. The monoisotopic (exact) mass is 223 g/mol. The predicted molar refractivity (Wildman–Crippen MR) is 55.9 cm³/mol. The van der Waals surface area contributed by atoms with Gasteiger partial charge in [-0.25, -0.2) is 0 Å². The number of hydrogen-bond donors (Lipinski definition) is 1. The molecule has 1 N–H and O–H groups in total. The Kier molecular flexibility index (Phi) is 6.08. The van der Waals surface area contributed by atoms with Crippen LogP contribution in [0.15, 0.2) is 0 Å². The molecular formula is C9H18ClNO3. The number of aliphatic carboxylic acids is 1. The van der Waals surface area contributed by atoms with E-state index in [0.717, 1.165) is 13.1 Å². The van der Waals surface area contributed by atoms with E-state index >= 15 is 0 Å². The van der Waals surface area contributed by atoms with E-state index in [0.29, 0.717) is 6.54 Å². The Labute approximate surface area is 90.6 Å². The lowest BCUT2D eigenvalue weighted by atomic mass is 10.2. The Bertz CT molecular complexity index is 179. The average Bonchev–Trinajstić information content (AvgIpc) is 1.99. The van der Waals surface area contributed by atoms with Gasteiger partial charge in [-0.2, -0.15) is 0 Å². The largest absolute Gasteiger partial charge is 0.481 e. The molecule has 5 heteroatoms. The van der Waals surface area contributed by atoms with Gasteiger partial charge in [0, 0.05) is 19.6 Å². The summed E-state index contributed by atoms with van der Waals surface area (Å²) in [5.74, 6) is -0.730. The maximum Gasteiger partial charge on any atom is 0.304 e. The average molecular weight is 224 g/mol. The molecule has 0 aromatic carbocycles. The van der Waals surface area contributed by atoms with Crippen LogP contribution in [0.1, 0.15) is 20.3 Å². The van der Waals surface area contributed by atoms with Gasteiger partial charge in [-0.15, -0.1) is 12.4 Å². The number of hydrogen-bond acceptors (Lipinski definition) is 3. The molecular weight excluding hydrogens is 206 g/mol. The van der Waals surface area contributed by atoms with E-state index in [1.165, 1.54) is 0 Å². The predicted octanol–water partition coefficient (Wildman–Crippen LogP) is 0.992. The normalized spacial score (nSPS) is 28.1. The van der Waals surface area contributed by atoms with Crippen molar-refractivity contribution in [2.75, 3.05) is 19.6 Å². The Hall–Kier alpha value is -0.320. The van der Waals surface area contributed by atoms with Crippen molar-refractivity contribution in [3.63, 3.8) is 0 Å². The van der Waals surface area contributed by atoms with Gasteiger partial charge in [0.15, 0.2) is 0 Å². The maximum absolute atomic E-state index is 10.3. The van der Waals surface area contributed by atoms with Crippen LogP contribution in [0.4, 0.5) is 0 Å². The molecule has 0 saturated carbocycles. The van der Waals surface area contributed by atoms with Gasteiger partial charge in [0.2, 0.25) is 0 Å². The summed E-state index contributed by atoms with van der Waals surface area (Å²) in [6.07, 6.45) is 0.662. The van der Waals surface area contributed by atoms with Crippen LogP contribution in [-0.4, -0.2) is 47.8 Å². The van der Waals surface area contributed by atoms with Gasteiger partial charge < -0.3 is 9.84 Å². The molecule has 1 fully saturated rings. The number of halogens is 1. The molecule has 0 bridgehead atoms. The van der Waals surface area contributed by atoms with Crippen molar-refractivity contribution < 1.29 is 14.6 Å². The van der Waals surface area contributed by atoms with Crippen molar-refractivity contribution >= 4 is 18.4 Å². The van der Waals surface area contributed by atoms with E-state index in [2.05, 4.69) is 4.90 Å². The Balaban J connectivity index is 0.00000169. The van der Waals surface area contributed by atoms with Crippen LogP contribution in [0.2, 0.25) is 0 Å². The number of rotatable bonds is 3. The Morgan fingerprint density at radius 3 is 2.36 bits per heavy atom. The zero-order chi connectivity index (χ0) is 9.84. The van der Waals surface area contributed by atoms with Crippen molar-refractivity contribution in [3.8, 4) is 0 Å². The summed E-state index contributed by atoms with van der Waals surface area (Å²) >= 11 is 0. The van der Waals surface area contributed by atoms with E-state index in [4.69, 9.17) is 9.84 Å². The van der Waals surface area contributed by atoms with Gasteiger partial charge in [-0.05, 0) is 13.8 Å². The standard InChI is InChI=1S/C9H17NO3.ClH/c1-7-5-10(4-3-9(11)12)6-8(2)13-7;/h7-8H,3-6H2,1-2H3,(H,11,12);1H. The third kappa shape index (κ3) is 4.79. The SMILES string of the molecule is CC1CN(CCC(=O)O)CC(C)O1.Cl. The van der Waals surface area contributed by atoms with Gasteiger partial charge in [0.05, 0.1) is 18.6 Å². The molecule has 14 heavy (non-hydrogen) atoms. The van der Waals surface area contributed by atoms with E-state index < -0.39 is 5.97 Å². The van der Waals surface area contributed by atoms with E-state index in [9.17, 15) is 4.79 Å². The highest BCUT2D eigenvalue weighted by atomic mass is 35.5. The lowest BCUT2D eigenvalue weighted by Crippen LogP contribution is -2.45. The van der Waals surface area contributed by atoms with E-state index in [1.807, 2.05) is 13.8 Å². The molecule has 1 heterocycles. The maximum atomic E-state index is 10.3. The van der Waals surface area contributed by atoms with Crippen molar-refractivity contribution in [1.29, 1.82) is 0 Å². The molecule has 2 unspecified atom stereocenters. The summed E-state index contributed by atoms with van der Waals surface area (Å²) < 4.78 is 5.53. The molecule has 1 aliphatic heterocycles. The van der Waals surface area contributed by atoms with Gasteiger partial charge >= 0.3 is 5.97 Å². The minimum absolute atomic E-state index is 0. The molecule has 1 saturated heterocycles. The first-order chi connectivity index (χ1) is 6.08. The highest BCUT2D eigenvalue weighted by Gasteiger charge is 2.21. The molecule has 0 aromatic rings. The van der Waals surface area contributed by atoms with Gasteiger partial charge in [-0.1, -0.05) is 0 Å². The minimum Gasteiger partial charge on any atom is -0.481 e. The number of carboxylic acid groups (broad SMARTS) is 1. The number of carboxylic acids is 1. The van der Waals surface area contributed by atoms with Crippen LogP contribution in [-0.2, 0) is 9.53 Å². The molecule has 0 amide bonds. The fourth-order valence-electron chi connectivity index (χ4n) is 1.72. The summed E-state index contributed by atoms with van der Waals surface area (Å²) in [5.41, 5.74) is 0. The highest BCUT2D eigenvalue weighted by molar-refractivity contribution is 5.85. The van der Waals surface area contributed by atoms with Crippen molar-refractivity contribution in [2.45, 2.75) is 32.5 Å². The van der Waals surface area contributed by atoms with Crippen LogP contribution >= 0.6 is 12.4 Å². The second-order valence-corrected chi connectivity index (χ2v) is 3.66. The zero-order valence-electron chi connectivity index (χ0n) is 8.60. The van der Waals surface area contributed by atoms with Crippen molar-refractivity contribution in [3.05, 3.63) is 0 Å². The summed E-state index contributed by atoms with van der Waals surface area (Å²) in [5, 5.41) is 8.52. The molecule has 1 rings (SSSR count). The van der Waals surface area contributed by atoms with Gasteiger partial charge in [0.25, 0.3) is 0 Å². The van der Waals surface area contributed by atoms with Crippen LogP contribution < -0.4 is 0 Å². The Morgan fingerprint density at radius 2 is 1.93 bits per heavy atom. The lowest BCUT2D eigenvalue weighted by molar-refractivity contribution is -0.138. The van der Waals surface area contributed by atoms with Gasteiger partial charge in [-0.3, -0.25) is 9.69 Å². The highest BCUT2D eigenvalue weighted by Crippen LogP contribution is 2.10. The fourth-order valence-corrected chi connectivity index (χ4v) is 1.72. The van der Waals surface area contributed by atoms with Crippen LogP contribution in [0.5, 0.6) is 0 Å². The third-order valence-corrected chi connectivity index (χ3v) is 2.14. The quantitative estimate of drug-likeness (QED) is 0.776. The first kappa shape index (κ1) is 13.7. The number of ether oxygens (including phenoxy) is 1. The first-order valence-corrected chi connectivity index (χ1v) is 4.67. The fraction of sp³-hybridized carbons (Fsp3) is 0.889. The minimum atomic E-state index is -0.730. The summed E-state index contributed by atoms with van der Waals surface area (Å²) in [6, 6.07) is 0. The third-order valence-electron chi connectivity index (χ3n) is 2.14. The topological polar surface area (TPSA) is 49.8 Å². The Morgan fingerprint density at radius 1 is 1.43 bits per heavy atom. The summed E-state index contributed by atoms with van der Waals surface area (Å²) in [7, 11) is 0. The summed E-state index contributed by atoms with van der Waals surface area (Å²) in [4.78, 5) is 12.5. The molecule has 84 valence electrons.